The third-order valence-corrected chi connectivity index (χ3v) is 14.0. The topological polar surface area (TPSA) is 47.7 Å². The predicted molar refractivity (Wildman–Crippen MR) is 144 cm³/mol. The number of Topliss-reactive ketones (excluding diaryl/α,β-unsaturated/α-hetero) is 2. The predicted octanol–water partition coefficient (Wildman–Crippen LogP) is 7.57. The fourth-order valence-corrected chi connectivity index (χ4v) is 11.9. The molecule has 37 heavy (non-hydrogen) atoms. The van der Waals surface area contributed by atoms with Crippen molar-refractivity contribution in [3.05, 3.63) is 23.2 Å². The number of allylic oxidation sites excluding steroid dienone is 2. The summed E-state index contributed by atoms with van der Waals surface area (Å²) in [6.45, 7) is 26.1. The van der Waals surface area contributed by atoms with E-state index in [4.69, 9.17) is 11.3 Å². The minimum Gasteiger partial charge on any atom is -0.362 e. The number of carbonyl (C=O) groups is 2. The summed E-state index contributed by atoms with van der Waals surface area (Å²) in [6, 6.07) is 0. The lowest BCUT2D eigenvalue weighted by atomic mass is 9.31. The maximum Gasteiger partial charge on any atom is 0.226 e. The smallest absolute Gasteiger partial charge is 0.226 e. The van der Waals surface area contributed by atoms with Crippen LogP contribution in [0.2, 0.25) is 0 Å². The standard InChI is InChI=1S/C33H47NO3/c1-10-25-32-15-13-27(2,3)19-23(32)33(37-25)24(35)17-22-29(6)18-20(34-9)26(36)28(4,5)21(29)11-12-30(22,7)31(33,8)14-16-32/h18,21-23,25H,10-17,19H2,1-8H3/t21-,22+,23+,25?,29-,30+,31-,32-,33+/m0/s1. The number of hydrogen-bond donors (Lipinski definition) is 0. The van der Waals surface area contributed by atoms with Gasteiger partial charge in [-0.05, 0) is 79.4 Å². The van der Waals surface area contributed by atoms with Gasteiger partial charge in [0.1, 0.15) is 5.60 Å². The van der Waals surface area contributed by atoms with Crippen molar-refractivity contribution in [1.29, 1.82) is 0 Å². The fourth-order valence-electron chi connectivity index (χ4n) is 11.9. The Morgan fingerprint density at radius 2 is 1.62 bits per heavy atom. The Morgan fingerprint density at radius 1 is 0.946 bits per heavy atom. The van der Waals surface area contributed by atoms with Gasteiger partial charge in [0.2, 0.25) is 5.70 Å². The molecule has 0 aromatic rings. The third kappa shape index (κ3) is 2.65. The van der Waals surface area contributed by atoms with Crippen molar-refractivity contribution in [2.45, 2.75) is 125 Å². The van der Waals surface area contributed by atoms with Crippen LogP contribution in [0.25, 0.3) is 4.85 Å². The van der Waals surface area contributed by atoms with Gasteiger partial charge in [-0.25, -0.2) is 4.85 Å². The Morgan fingerprint density at radius 3 is 2.27 bits per heavy atom. The monoisotopic (exact) mass is 505 g/mol. The van der Waals surface area contributed by atoms with Crippen LogP contribution in [0.1, 0.15) is 113 Å². The van der Waals surface area contributed by atoms with Gasteiger partial charge in [-0.15, -0.1) is 0 Å². The summed E-state index contributed by atoms with van der Waals surface area (Å²) in [4.78, 5) is 31.9. The number of ketones is 2. The Bertz CT molecular complexity index is 1160. The highest BCUT2D eigenvalue weighted by molar-refractivity contribution is 6.02. The molecule has 5 fully saturated rings. The molecule has 1 heterocycles. The zero-order valence-corrected chi connectivity index (χ0v) is 24.4. The van der Waals surface area contributed by atoms with Crippen LogP contribution in [0.4, 0.5) is 0 Å². The van der Waals surface area contributed by atoms with Crippen molar-refractivity contribution in [1.82, 2.24) is 0 Å². The highest BCUT2D eigenvalue weighted by Crippen LogP contribution is 2.80. The highest BCUT2D eigenvalue weighted by atomic mass is 16.5. The second-order valence-corrected chi connectivity index (χ2v) is 16.0. The number of hydrogen-bond acceptors (Lipinski definition) is 3. The fraction of sp³-hybridized carbons (Fsp3) is 0.848. The van der Waals surface area contributed by atoms with E-state index in [-0.39, 0.29) is 56.5 Å². The molecule has 0 aromatic carbocycles. The molecule has 0 N–H and O–H groups in total. The molecule has 1 unspecified atom stereocenters. The molecule has 202 valence electrons. The number of nitrogens with zero attached hydrogens (tertiary/aromatic N) is 1. The van der Waals surface area contributed by atoms with E-state index in [0.717, 1.165) is 38.5 Å². The molecule has 9 atom stereocenters. The van der Waals surface area contributed by atoms with Crippen molar-refractivity contribution < 1.29 is 14.3 Å². The summed E-state index contributed by atoms with van der Waals surface area (Å²) in [5, 5.41) is 0. The van der Waals surface area contributed by atoms with Gasteiger partial charge in [0.15, 0.2) is 11.6 Å². The number of ether oxygens (including phenoxy) is 1. The van der Waals surface area contributed by atoms with Crippen molar-refractivity contribution in [3.8, 4) is 0 Å². The van der Waals surface area contributed by atoms with Gasteiger partial charge >= 0.3 is 0 Å². The molecule has 0 amide bonds. The first-order valence-corrected chi connectivity index (χ1v) is 15.0. The quantitative estimate of drug-likeness (QED) is 0.345. The van der Waals surface area contributed by atoms with Crippen molar-refractivity contribution >= 4 is 11.6 Å². The molecule has 4 heteroatoms. The van der Waals surface area contributed by atoms with Gasteiger partial charge < -0.3 is 9.53 Å². The summed E-state index contributed by atoms with van der Waals surface area (Å²) >= 11 is 0. The average molecular weight is 506 g/mol. The van der Waals surface area contributed by atoms with Crippen molar-refractivity contribution in [3.63, 3.8) is 0 Å². The lowest BCUT2D eigenvalue weighted by Crippen LogP contribution is -2.74. The van der Waals surface area contributed by atoms with Crippen LogP contribution >= 0.6 is 0 Å². The molecule has 2 bridgehead atoms. The summed E-state index contributed by atoms with van der Waals surface area (Å²) in [7, 11) is 0. The van der Waals surface area contributed by atoms with E-state index >= 15 is 0 Å². The molecule has 1 aliphatic heterocycles. The van der Waals surface area contributed by atoms with Crippen LogP contribution in [0, 0.1) is 56.8 Å². The van der Waals surface area contributed by atoms with E-state index in [1.807, 2.05) is 19.9 Å². The van der Waals surface area contributed by atoms with Crippen LogP contribution in [0.15, 0.2) is 11.8 Å². The molecule has 0 aromatic heterocycles. The van der Waals surface area contributed by atoms with E-state index in [1.165, 1.54) is 12.8 Å². The summed E-state index contributed by atoms with van der Waals surface area (Å²) in [5.74, 6) is 0.858. The second kappa shape index (κ2) is 7.18. The summed E-state index contributed by atoms with van der Waals surface area (Å²) in [6.07, 6.45) is 11.3. The molecular formula is C33H47NO3. The zero-order valence-electron chi connectivity index (χ0n) is 24.4. The van der Waals surface area contributed by atoms with Crippen molar-refractivity contribution in [2.75, 3.05) is 0 Å². The Balaban J connectivity index is 1.54. The molecule has 6 aliphatic rings. The van der Waals surface area contributed by atoms with Gasteiger partial charge in [0.25, 0.3) is 0 Å². The van der Waals surface area contributed by atoms with Gasteiger partial charge in [-0.2, -0.15) is 0 Å². The largest absolute Gasteiger partial charge is 0.362 e. The van der Waals surface area contributed by atoms with Crippen molar-refractivity contribution in [2.24, 2.45) is 50.2 Å². The lowest BCUT2D eigenvalue weighted by Gasteiger charge is -2.72. The molecular weight excluding hydrogens is 458 g/mol. The molecule has 1 spiro atoms. The lowest BCUT2D eigenvalue weighted by molar-refractivity contribution is -0.256. The first-order chi connectivity index (χ1) is 17.1. The molecule has 1 saturated heterocycles. The van der Waals surface area contributed by atoms with Gasteiger partial charge in [0.05, 0.1) is 12.7 Å². The maximum atomic E-state index is 14.9. The van der Waals surface area contributed by atoms with Gasteiger partial charge in [-0.1, -0.05) is 61.5 Å². The normalized spacial score (nSPS) is 53.2. The Hall–Kier alpha value is -1.47. The minimum absolute atomic E-state index is 0.0183. The van der Waals surface area contributed by atoms with E-state index in [0.29, 0.717) is 18.1 Å². The Labute approximate surface area is 224 Å². The number of carbonyl (C=O) groups excluding carboxylic acids is 2. The SMILES string of the molecule is [C-]#[N+]C1=C[C@]2(C)[C@H]3CC(=O)[C@]45OC(CC)[C@@]6(CCC(C)(C)C[C@H]64)CC[C@@]5(C)[C@]3(C)CC[C@H]2C(C)(C)C1=O. The minimum atomic E-state index is -0.704. The first-order valence-electron chi connectivity index (χ1n) is 15.0. The van der Waals surface area contributed by atoms with Crippen LogP contribution in [-0.4, -0.2) is 23.3 Å². The molecule has 4 saturated carbocycles. The molecule has 6 rings (SSSR count). The molecule has 0 radical (unpaired) electrons. The third-order valence-electron chi connectivity index (χ3n) is 14.0. The van der Waals surface area contributed by atoms with Gasteiger partial charge in [-0.3, -0.25) is 4.79 Å². The van der Waals surface area contributed by atoms with Crippen LogP contribution in [0.3, 0.4) is 0 Å². The van der Waals surface area contributed by atoms with E-state index < -0.39 is 11.0 Å². The molecule has 5 aliphatic carbocycles. The zero-order chi connectivity index (χ0) is 27.0. The number of fused-ring (bicyclic) bond motifs is 4. The van der Waals surface area contributed by atoms with E-state index in [1.54, 1.807) is 0 Å². The Kier molecular flexibility index (Phi) is 5.00. The second-order valence-electron chi connectivity index (χ2n) is 16.0. The number of rotatable bonds is 1. The summed E-state index contributed by atoms with van der Waals surface area (Å²) in [5.41, 5.74) is -1.34. The van der Waals surface area contributed by atoms with Crippen LogP contribution in [0.5, 0.6) is 0 Å². The average Bonchev–Trinajstić information content (AvgIpc) is 3.04. The van der Waals surface area contributed by atoms with Gasteiger partial charge in [0, 0.05) is 28.6 Å². The van der Waals surface area contributed by atoms with Crippen LogP contribution < -0.4 is 0 Å². The van der Waals surface area contributed by atoms with E-state index in [2.05, 4.69) is 46.4 Å². The maximum absolute atomic E-state index is 14.9. The first kappa shape index (κ1) is 25.8. The highest BCUT2D eigenvalue weighted by Gasteiger charge is 2.82. The van der Waals surface area contributed by atoms with E-state index in [9.17, 15) is 9.59 Å². The summed E-state index contributed by atoms with van der Waals surface area (Å²) < 4.78 is 7.29. The molecule has 4 nitrogen and oxygen atoms in total. The van der Waals surface area contributed by atoms with Crippen LogP contribution in [-0.2, 0) is 14.3 Å².